The van der Waals surface area contributed by atoms with Gasteiger partial charge in [0.1, 0.15) is 6.17 Å². The summed E-state index contributed by atoms with van der Waals surface area (Å²) in [5.74, 6) is -0.670. The summed E-state index contributed by atoms with van der Waals surface area (Å²) in [7, 11) is -2.68. The first-order valence-electron chi connectivity index (χ1n) is 11.5. The topological polar surface area (TPSA) is 140 Å². The lowest BCUT2D eigenvalue weighted by Gasteiger charge is -2.22. The SMILES string of the molecule is Cn1c(=O)n(C(CCCC(=O)NO)NS(=O)(=O)c2ccc(-c3ccccc3)cc2)c(=O)c2ccccc21. The van der Waals surface area contributed by atoms with Crippen molar-refractivity contribution in [3.05, 3.63) is 99.7 Å². The third-order valence-electron chi connectivity index (χ3n) is 6.09. The van der Waals surface area contributed by atoms with E-state index in [9.17, 15) is 22.8 Å². The van der Waals surface area contributed by atoms with Crippen LogP contribution in [-0.4, -0.2) is 28.7 Å². The number of aromatic nitrogens is 2. The highest BCUT2D eigenvalue weighted by atomic mass is 32.2. The molecule has 4 rings (SSSR count). The van der Waals surface area contributed by atoms with Gasteiger partial charge in [0.05, 0.1) is 15.8 Å². The molecule has 0 aliphatic rings. The van der Waals surface area contributed by atoms with E-state index < -0.39 is 33.3 Å². The third-order valence-corrected chi connectivity index (χ3v) is 7.56. The molecule has 1 aromatic heterocycles. The van der Waals surface area contributed by atoms with Crippen LogP contribution in [0, 0.1) is 0 Å². The van der Waals surface area contributed by atoms with E-state index in [4.69, 9.17) is 5.21 Å². The molecule has 192 valence electrons. The minimum atomic E-state index is -4.17. The second-order valence-corrected chi connectivity index (χ2v) is 10.2. The first kappa shape index (κ1) is 26.0. The van der Waals surface area contributed by atoms with Gasteiger partial charge in [0.25, 0.3) is 5.56 Å². The standard InChI is InChI=1S/C26H26N4O6S/c1-29-22-11-6-5-10-21(22)25(32)30(26(29)33)23(12-7-13-24(31)27-34)28-37(35,36)20-16-14-19(15-17-20)18-8-3-2-4-9-18/h2-6,8-11,14-17,23,28,34H,7,12-13H2,1H3,(H,27,31). The van der Waals surface area contributed by atoms with Crippen molar-refractivity contribution in [2.75, 3.05) is 0 Å². The maximum atomic E-state index is 13.3. The molecule has 0 radical (unpaired) electrons. The minimum absolute atomic E-state index is 0.0454. The second kappa shape index (κ2) is 10.9. The van der Waals surface area contributed by atoms with Crippen LogP contribution >= 0.6 is 0 Å². The highest BCUT2D eigenvalue weighted by Crippen LogP contribution is 2.22. The molecule has 0 bridgehead atoms. The summed E-state index contributed by atoms with van der Waals surface area (Å²) in [5.41, 5.74) is 2.31. The molecule has 0 spiro atoms. The average Bonchev–Trinajstić information content (AvgIpc) is 2.92. The van der Waals surface area contributed by atoms with Gasteiger partial charge in [-0.05, 0) is 48.2 Å². The van der Waals surface area contributed by atoms with E-state index in [2.05, 4.69) is 4.72 Å². The van der Waals surface area contributed by atoms with E-state index in [-0.39, 0.29) is 29.5 Å². The van der Waals surface area contributed by atoms with E-state index in [1.165, 1.54) is 29.2 Å². The number of nitrogens with one attached hydrogen (secondary N) is 2. The highest BCUT2D eigenvalue weighted by Gasteiger charge is 2.25. The van der Waals surface area contributed by atoms with Crippen molar-refractivity contribution in [3.8, 4) is 11.1 Å². The zero-order chi connectivity index (χ0) is 26.6. The number of hydrogen-bond acceptors (Lipinski definition) is 6. The lowest BCUT2D eigenvalue weighted by Crippen LogP contribution is -2.47. The first-order chi connectivity index (χ1) is 17.7. The monoisotopic (exact) mass is 522 g/mol. The summed E-state index contributed by atoms with van der Waals surface area (Å²) >= 11 is 0. The predicted molar refractivity (Wildman–Crippen MR) is 138 cm³/mol. The molecule has 10 nitrogen and oxygen atoms in total. The number of aryl methyl sites for hydroxylation is 1. The average molecular weight is 523 g/mol. The van der Waals surface area contributed by atoms with Gasteiger partial charge in [-0.3, -0.25) is 19.4 Å². The molecule has 4 aromatic rings. The van der Waals surface area contributed by atoms with Gasteiger partial charge in [-0.2, -0.15) is 4.72 Å². The highest BCUT2D eigenvalue weighted by molar-refractivity contribution is 7.89. The Morgan fingerprint density at radius 2 is 1.54 bits per heavy atom. The molecule has 0 saturated heterocycles. The van der Waals surface area contributed by atoms with Crippen molar-refractivity contribution in [2.24, 2.45) is 7.05 Å². The lowest BCUT2D eigenvalue weighted by molar-refractivity contribution is -0.129. The van der Waals surface area contributed by atoms with E-state index in [1.807, 2.05) is 30.3 Å². The number of para-hydroxylation sites is 1. The molecule has 1 heterocycles. The Hall–Kier alpha value is -4.06. The van der Waals surface area contributed by atoms with Gasteiger partial charge < -0.3 is 0 Å². The molecule has 11 heteroatoms. The molecule has 1 atom stereocenters. The molecule has 0 saturated carbocycles. The van der Waals surface area contributed by atoms with Gasteiger partial charge in [-0.1, -0.05) is 54.6 Å². The molecule has 0 aliphatic heterocycles. The fraction of sp³-hybridized carbons (Fsp3) is 0.192. The van der Waals surface area contributed by atoms with Crippen molar-refractivity contribution in [1.82, 2.24) is 19.3 Å². The Bertz CT molecular complexity index is 1650. The van der Waals surface area contributed by atoms with Crippen molar-refractivity contribution in [1.29, 1.82) is 0 Å². The number of amides is 1. The normalized spacial score (nSPS) is 12.4. The fourth-order valence-corrected chi connectivity index (χ4v) is 5.37. The second-order valence-electron chi connectivity index (χ2n) is 8.49. The third kappa shape index (κ3) is 5.53. The summed E-state index contributed by atoms with van der Waals surface area (Å²) in [6, 6.07) is 22.2. The fourth-order valence-electron chi connectivity index (χ4n) is 4.16. The Kier molecular flexibility index (Phi) is 7.67. The maximum Gasteiger partial charge on any atom is 0.332 e. The van der Waals surface area contributed by atoms with Gasteiger partial charge >= 0.3 is 5.69 Å². The summed E-state index contributed by atoms with van der Waals surface area (Å²) in [6.45, 7) is 0. The van der Waals surface area contributed by atoms with Crippen LogP contribution in [0.5, 0.6) is 0 Å². The van der Waals surface area contributed by atoms with Gasteiger partial charge in [0.2, 0.25) is 15.9 Å². The number of benzene rings is 3. The molecule has 0 aliphatic carbocycles. The number of carbonyl (C=O) groups is 1. The quantitative estimate of drug-likeness (QED) is 0.228. The van der Waals surface area contributed by atoms with E-state index in [0.717, 1.165) is 15.7 Å². The molecule has 1 amide bonds. The van der Waals surface area contributed by atoms with Crippen LogP contribution in [0.25, 0.3) is 22.0 Å². The molecular formula is C26H26N4O6S. The molecule has 1 unspecified atom stereocenters. The number of fused-ring (bicyclic) bond motifs is 1. The van der Waals surface area contributed by atoms with Crippen molar-refractivity contribution < 1.29 is 18.4 Å². The van der Waals surface area contributed by atoms with E-state index >= 15 is 0 Å². The summed E-state index contributed by atoms with van der Waals surface area (Å²) in [6.07, 6.45) is -1.37. The Morgan fingerprint density at radius 3 is 2.22 bits per heavy atom. The number of carbonyl (C=O) groups excluding carboxylic acids is 1. The molecular weight excluding hydrogens is 496 g/mol. The zero-order valence-corrected chi connectivity index (χ0v) is 20.8. The van der Waals surface area contributed by atoms with Crippen molar-refractivity contribution in [2.45, 2.75) is 30.3 Å². The van der Waals surface area contributed by atoms with Gasteiger partial charge in [-0.15, -0.1) is 0 Å². The molecule has 0 fully saturated rings. The number of hydroxylamine groups is 1. The first-order valence-corrected chi connectivity index (χ1v) is 13.0. The van der Waals surface area contributed by atoms with Crippen LogP contribution in [0.2, 0.25) is 0 Å². The number of sulfonamides is 1. The Labute approximate surface area is 212 Å². The number of rotatable bonds is 9. The number of nitrogens with zero attached hydrogens (tertiary/aromatic N) is 2. The Balaban J connectivity index is 1.72. The van der Waals surface area contributed by atoms with Crippen LogP contribution in [0.4, 0.5) is 0 Å². The summed E-state index contributed by atoms with van der Waals surface area (Å²) in [4.78, 5) is 38.0. The molecule has 3 aromatic carbocycles. The van der Waals surface area contributed by atoms with Crippen molar-refractivity contribution in [3.63, 3.8) is 0 Å². The summed E-state index contributed by atoms with van der Waals surface area (Å²) < 4.78 is 31.3. The van der Waals surface area contributed by atoms with E-state index in [0.29, 0.717) is 5.52 Å². The maximum absolute atomic E-state index is 13.3. The van der Waals surface area contributed by atoms with Crippen molar-refractivity contribution >= 4 is 26.8 Å². The van der Waals surface area contributed by atoms with E-state index in [1.54, 1.807) is 36.4 Å². The van der Waals surface area contributed by atoms with Crippen LogP contribution in [0.15, 0.2) is 93.3 Å². The largest absolute Gasteiger partial charge is 0.332 e. The Morgan fingerprint density at radius 1 is 0.919 bits per heavy atom. The van der Waals surface area contributed by atoms with Gasteiger partial charge in [-0.25, -0.2) is 23.3 Å². The smallest absolute Gasteiger partial charge is 0.296 e. The van der Waals surface area contributed by atoms with Crippen LogP contribution < -0.4 is 21.5 Å². The summed E-state index contributed by atoms with van der Waals surface area (Å²) in [5, 5.41) is 9.02. The number of hydrogen-bond donors (Lipinski definition) is 3. The van der Waals surface area contributed by atoms with Crippen LogP contribution in [0.3, 0.4) is 0 Å². The molecule has 3 N–H and O–H groups in total. The van der Waals surface area contributed by atoms with Gasteiger partial charge in [0.15, 0.2) is 0 Å². The predicted octanol–water partition coefficient (Wildman–Crippen LogP) is 2.52. The molecule has 37 heavy (non-hydrogen) atoms. The van der Waals surface area contributed by atoms with Gasteiger partial charge in [0, 0.05) is 13.5 Å². The van der Waals surface area contributed by atoms with Crippen LogP contribution in [0.1, 0.15) is 25.4 Å². The van der Waals surface area contributed by atoms with Crippen LogP contribution in [-0.2, 0) is 21.9 Å². The zero-order valence-electron chi connectivity index (χ0n) is 20.0. The lowest BCUT2D eigenvalue weighted by atomic mass is 10.1. The minimum Gasteiger partial charge on any atom is -0.296 e.